The summed E-state index contributed by atoms with van der Waals surface area (Å²) in [5.41, 5.74) is 3.93. The highest BCUT2D eigenvalue weighted by molar-refractivity contribution is 9.09. The van der Waals surface area contributed by atoms with Gasteiger partial charge in [0.15, 0.2) is 0 Å². The van der Waals surface area contributed by atoms with Gasteiger partial charge in [0.05, 0.1) is 0 Å². The van der Waals surface area contributed by atoms with E-state index in [1.165, 1.54) is 11.1 Å². The largest absolute Gasteiger partial charge is 0.206 e. The van der Waals surface area contributed by atoms with Crippen LogP contribution in [0.2, 0.25) is 0 Å². The molecule has 1 unspecified atom stereocenters. The standard InChI is InChI=1S/C16H16BrF/c1-11-6-3-4-8-13(11)10-15(17)14-9-5-7-12(2)16(14)18/h3-9,15H,10H2,1-2H3. The van der Waals surface area contributed by atoms with Crippen molar-refractivity contribution in [2.24, 2.45) is 0 Å². The van der Waals surface area contributed by atoms with Gasteiger partial charge in [-0.1, -0.05) is 58.4 Å². The van der Waals surface area contributed by atoms with E-state index in [2.05, 4.69) is 35.0 Å². The Morgan fingerprint density at radius 2 is 1.67 bits per heavy atom. The number of hydrogen-bond acceptors (Lipinski definition) is 0. The Balaban J connectivity index is 2.25. The molecule has 0 amide bonds. The number of rotatable bonds is 3. The maximum atomic E-state index is 14.0. The molecule has 0 saturated heterocycles. The van der Waals surface area contributed by atoms with Crippen LogP contribution in [0.25, 0.3) is 0 Å². The first kappa shape index (κ1) is 13.3. The lowest BCUT2D eigenvalue weighted by molar-refractivity contribution is 0.599. The second kappa shape index (κ2) is 5.66. The molecule has 0 nitrogen and oxygen atoms in total. The fourth-order valence-electron chi connectivity index (χ4n) is 2.05. The molecular weight excluding hydrogens is 291 g/mol. The Morgan fingerprint density at radius 3 is 2.39 bits per heavy atom. The van der Waals surface area contributed by atoms with E-state index in [1.54, 1.807) is 13.0 Å². The summed E-state index contributed by atoms with van der Waals surface area (Å²) in [6.45, 7) is 3.88. The van der Waals surface area contributed by atoms with Crippen LogP contribution in [0.3, 0.4) is 0 Å². The van der Waals surface area contributed by atoms with Crippen LogP contribution in [0.4, 0.5) is 4.39 Å². The van der Waals surface area contributed by atoms with Crippen molar-refractivity contribution in [3.05, 3.63) is 70.5 Å². The molecule has 18 heavy (non-hydrogen) atoms. The van der Waals surface area contributed by atoms with Crippen molar-refractivity contribution in [2.75, 3.05) is 0 Å². The Kier molecular flexibility index (Phi) is 4.18. The Labute approximate surface area is 116 Å². The van der Waals surface area contributed by atoms with Gasteiger partial charge in [-0.3, -0.25) is 0 Å². The summed E-state index contributed by atoms with van der Waals surface area (Å²) in [6, 6.07) is 13.8. The SMILES string of the molecule is Cc1ccccc1CC(Br)c1cccc(C)c1F. The number of aryl methyl sites for hydroxylation is 2. The van der Waals surface area contributed by atoms with Crippen LogP contribution in [0.5, 0.6) is 0 Å². The van der Waals surface area contributed by atoms with Crippen molar-refractivity contribution in [3.63, 3.8) is 0 Å². The molecule has 0 N–H and O–H groups in total. The molecule has 2 heteroatoms. The predicted molar refractivity (Wildman–Crippen MR) is 77.7 cm³/mol. The zero-order valence-corrected chi connectivity index (χ0v) is 12.2. The van der Waals surface area contributed by atoms with Crippen molar-refractivity contribution >= 4 is 15.9 Å². The molecule has 0 aliphatic carbocycles. The van der Waals surface area contributed by atoms with E-state index in [4.69, 9.17) is 0 Å². The molecule has 0 aromatic heterocycles. The van der Waals surface area contributed by atoms with Crippen LogP contribution in [-0.2, 0) is 6.42 Å². The molecule has 0 radical (unpaired) electrons. The van der Waals surface area contributed by atoms with E-state index < -0.39 is 0 Å². The third-order valence-electron chi connectivity index (χ3n) is 3.22. The van der Waals surface area contributed by atoms with E-state index in [1.807, 2.05) is 24.3 Å². The van der Waals surface area contributed by atoms with Crippen molar-refractivity contribution < 1.29 is 4.39 Å². The van der Waals surface area contributed by atoms with Crippen molar-refractivity contribution in [3.8, 4) is 0 Å². The molecule has 2 aromatic carbocycles. The molecular formula is C16H16BrF. The third kappa shape index (κ3) is 2.81. The molecule has 0 heterocycles. The van der Waals surface area contributed by atoms with Gasteiger partial charge in [0.25, 0.3) is 0 Å². The molecule has 0 aliphatic heterocycles. The van der Waals surface area contributed by atoms with Crippen LogP contribution in [0.1, 0.15) is 27.1 Å². The molecule has 0 aliphatic rings. The second-order valence-corrected chi connectivity index (χ2v) is 5.68. The summed E-state index contributed by atoms with van der Waals surface area (Å²) in [4.78, 5) is 0.0125. The van der Waals surface area contributed by atoms with Crippen LogP contribution >= 0.6 is 15.9 Å². The maximum Gasteiger partial charge on any atom is 0.130 e. The molecule has 94 valence electrons. The predicted octanol–water partition coefficient (Wildman–Crippen LogP) is 5.12. The van der Waals surface area contributed by atoms with Crippen LogP contribution in [0.15, 0.2) is 42.5 Å². The molecule has 0 spiro atoms. The first-order chi connectivity index (χ1) is 8.59. The minimum absolute atomic E-state index is 0.0125. The lowest BCUT2D eigenvalue weighted by atomic mass is 9.99. The summed E-state index contributed by atoms with van der Waals surface area (Å²) >= 11 is 3.60. The molecule has 0 saturated carbocycles. The van der Waals surface area contributed by atoms with E-state index in [0.717, 1.165) is 12.0 Å². The maximum absolute atomic E-state index is 14.0. The highest BCUT2D eigenvalue weighted by Crippen LogP contribution is 2.30. The fourth-order valence-corrected chi connectivity index (χ4v) is 2.76. The average Bonchev–Trinajstić information content (AvgIpc) is 2.35. The average molecular weight is 307 g/mol. The van der Waals surface area contributed by atoms with Crippen molar-refractivity contribution in [1.29, 1.82) is 0 Å². The summed E-state index contributed by atoms with van der Waals surface area (Å²) in [5.74, 6) is -0.104. The molecule has 0 bridgehead atoms. The normalized spacial score (nSPS) is 12.4. The molecule has 2 aromatic rings. The number of benzene rings is 2. The lowest BCUT2D eigenvalue weighted by Gasteiger charge is -2.14. The monoisotopic (exact) mass is 306 g/mol. The van der Waals surface area contributed by atoms with E-state index in [-0.39, 0.29) is 10.6 Å². The summed E-state index contributed by atoms with van der Waals surface area (Å²) in [7, 11) is 0. The highest BCUT2D eigenvalue weighted by Gasteiger charge is 2.15. The van der Waals surface area contributed by atoms with E-state index in [9.17, 15) is 4.39 Å². The minimum Gasteiger partial charge on any atom is -0.206 e. The van der Waals surface area contributed by atoms with Gasteiger partial charge in [0, 0.05) is 10.4 Å². The van der Waals surface area contributed by atoms with Crippen LogP contribution in [-0.4, -0.2) is 0 Å². The van der Waals surface area contributed by atoms with Crippen LogP contribution in [0, 0.1) is 19.7 Å². The first-order valence-corrected chi connectivity index (χ1v) is 6.94. The number of alkyl halides is 1. The number of hydrogen-bond donors (Lipinski definition) is 0. The quantitative estimate of drug-likeness (QED) is 0.690. The van der Waals surface area contributed by atoms with Gasteiger partial charge in [0.1, 0.15) is 5.82 Å². The Bertz CT molecular complexity index is 549. The smallest absolute Gasteiger partial charge is 0.130 e. The highest BCUT2D eigenvalue weighted by atomic mass is 79.9. The van der Waals surface area contributed by atoms with Gasteiger partial charge in [-0.2, -0.15) is 0 Å². The van der Waals surface area contributed by atoms with Gasteiger partial charge in [0.2, 0.25) is 0 Å². The zero-order valence-electron chi connectivity index (χ0n) is 10.6. The van der Waals surface area contributed by atoms with E-state index in [0.29, 0.717) is 5.56 Å². The van der Waals surface area contributed by atoms with Gasteiger partial charge >= 0.3 is 0 Å². The van der Waals surface area contributed by atoms with Crippen molar-refractivity contribution in [1.82, 2.24) is 0 Å². The van der Waals surface area contributed by atoms with Gasteiger partial charge in [-0.15, -0.1) is 0 Å². The minimum atomic E-state index is -0.104. The van der Waals surface area contributed by atoms with Gasteiger partial charge in [-0.05, 0) is 37.0 Å². The summed E-state index contributed by atoms with van der Waals surface area (Å²) in [5, 5.41) is 0. The van der Waals surface area contributed by atoms with Gasteiger partial charge in [-0.25, -0.2) is 4.39 Å². The Hall–Kier alpha value is -1.15. The third-order valence-corrected chi connectivity index (χ3v) is 4.04. The molecule has 2 rings (SSSR count). The van der Waals surface area contributed by atoms with Gasteiger partial charge < -0.3 is 0 Å². The number of halogens is 2. The first-order valence-electron chi connectivity index (χ1n) is 6.03. The summed E-state index contributed by atoms with van der Waals surface area (Å²) in [6.07, 6.45) is 0.799. The van der Waals surface area contributed by atoms with E-state index >= 15 is 0 Å². The van der Waals surface area contributed by atoms with Crippen LogP contribution < -0.4 is 0 Å². The zero-order chi connectivity index (χ0) is 13.1. The lowest BCUT2D eigenvalue weighted by Crippen LogP contribution is -2.01. The Morgan fingerprint density at radius 1 is 1.00 bits per heavy atom. The molecule has 1 atom stereocenters. The fraction of sp³-hybridized carbons (Fsp3) is 0.250. The summed E-state index contributed by atoms with van der Waals surface area (Å²) < 4.78 is 14.0. The second-order valence-electron chi connectivity index (χ2n) is 4.58. The molecule has 0 fully saturated rings. The van der Waals surface area contributed by atoms with Crippen molar-refractivity contribution in [2.45, 2.75) is 25.1 Å². The topological polar surface area (TPSA) is 0 Å².